The van der Waals surface area contributed by atoms with Crippen molar-refractivity contribution < 1.29 is 24.2 Å². The Hall–Kier alpha value is -3.06. The van der Waals surface area contributed by atoms with Gasteiger partial charge in [-0.25, -0.2) is 9.48 Å². The first-order valence-corrected chi connectivity index (χ1v) is 12.0. The van der Waals surface area contributed by atoms with E-state index in [-0.39, 0.29) is 24.2 Å². The van der Waals surface area contributed by atoms with Gasteiger partial charge in [0.15, 0.2) is 5.78 Å². The lowest BCUT2D eigenvalue weighted by Crippen LogP contribution is -2.44. The van der Waals surface area contributed by atoms with Crippen LogP contribution in [0.15, 0.2) is 52.5 Å². The summed E-state index contributed by atoms with van der Waals surface area (Å²) in [5.41, 5.74) is 1.53. The average molecular weight is 590 g/mol. The number of hydrogen-bond acceptors (Lipinski definition) is 9. The molecule has 0 spiro atoms. The summed E-state index contributed by atoms with van der Waals surface area (Å²) in [5, 5.41) is 23.8. The van der Waals surface area contributed by atoms with E-state index in [1.807, 2.05) is 25.1 Å². The molecule has 3 rings (SSSR count). The van der Waals surface area contributed by atoms with Crippen LogP contribution in [0.2, 0.25) is 10.0 Å². The number of anilines is 1. The van der Waals surface area contributed by atoms with E-state index in [1.165, 1.54) is 4.68 Å². The van der Waals surface area contributed by atoms with E-state index >= 15 is 0 Å². The van der Waals surface area contributed by atoms with Crippen LogP contribution in [-0.2, 0) is 27.5 Å². The Balaban J connectivity index is 0.00000481. The van der Waals surface area contributed by atoms with Gasteiger partial charge in [-0.3, -0.25) is 9.59 Å². The lowest BCUT2D eigenvalue weighted by molar-refractivity contribution is -0.139. The van der Waals surface area contributed by atoms with Gasteiger partial charge in [0.25, 0.3) is 0 Å². The van der Waals surface area contributed by atoms with E-state index in [1.54, 1.807) is 36.4 Å². The topological polar surface area (TPSA) is 140 Å². The summed E-state index contributed by atoms with van der Waals surface area (Å²) in [5.74, 6) is -1.91. The highest BCUT2D eigenvalue weighted by molar-refractivity contribution is 7.99. The number of carbonyl (C=O) groups is 3. The van der Waals surface area contributed by atoms with Gasteiger partial charge in [-0.15, -0.1) is 17.5 Å². The molecule has 1 atom stereocenters. The Bertz CT molecular complexity index is 1220. The molecule has 1 heterocycles. The number of tetrazole rings is 1. The predicted octanol–water partition coefficient (Wildman–Crippen LogP) is 3.96. The molecule has 0 saturated carbocycles. The lowest BCUT2D eigenvalue weighted by Gasteiger charge is -2.17. The summed E-state index contributed by atoms with van der Waals surface area (Å²) >= 11 is 13.8. The molecular weight excluding hydrogens is 567 g/mol. The highest BCUT2D eigenvalue weighted by atomic mass is 35.5. The van der Waals surface area contributed by atoms with Crippen molar-refractivity contribution in [3.8, 4) is 0 Å². The molecule has 1 aromatic heterocycles. The summed E-state index contributed by atoms with van der Waals surface area (Å²) < 4.78 is 6.27. The Labute approximate surface area is 232 Å². The second-order valence-corrected chi connectivity index (χ2v) is 9.47. The Morgan fingerprint density at radius 1 is 1.16 bits per heavy atom. The number of amides is 1. The normalized spacial score (nSPS) is 11.2. The molecule has 0 aliphatic rings. The minimum Gasteiger partial charge on any atom is -0.481 e. The van der Waals surface area contributed by atoms with Gasteiger partial charge in [0, 0.05) is 19.8 Å². The molecule has 0 aliphatic carbocycles. The molecule has 37 heavy (non-hydrogen) atoms. The number of rotatable bonds is 11. The molecule has 198 valence electrons. The van der Waals surface area contributed by atoms with Gasteiger partial charge in [0.1, 0.15) is 19.2 Å². The number of carboxylic acid groups (broad SMARTS) is 1. The number of hydrogen-bond donors (Lipinski definition) is 2. The number of nitrogens with one attached hydrogen (secondary N) is 1. The van der Waals surface area contributed by atoms with Gasteiger partial charge in [-0.05, 0) is 39.9 Å². The largest absolute Gasteiger partial charge is 0.481 e. The van der Waals surface area contributed by atoms with Crippen LogP contribution in [0.1, 0.15) is 12.0 Å². The van der Waals surface area contributed by atoms with Gasteiger partial charge >= 0.3 is 12.1 Å². The number of aromatic nitrogens is 4. The van der Waals surface area contributed by atoms with Crippen LogP contribution < -0.4 is 10.2 Å². The van der Waals surface area contributed by atoms with Crippen molar-refractivity contribution in [1.82, 2.24) is 25.5 Å². The minimum absolute atomic E-state index is 0. The number of nitrogens with zero attached hydrogens (tertiary/aromatic N) is 5. The zero-order valence-corrected chi connectivity index (χ0v) is 22.8. The highest BCUT2D eigenvalue weighted by Crippen LogP contribution is 2.40. The number of Topliss-reactive ketones (excluding diaryl/α,β-unsaturated/α-hetero) is 1. The number of aliphatic carboxylic acids is 1. The fourth-order valence-corrected chi connectivity index (χ4v) is 4.43. The fourth-order valence-electron chi connectivity index (χ4n) is 2.95. The third-order valence-corrected chi connectivity index (χ3v) is 6.71. The van der Waals surface area contributed by atoms with Gasteiger partial charge in [0.05, 0.1) is 21.4 Å². The van der Waals surface area contributed by atoms with Crippen molar-refractivity contribution in [2.75, 3.05) is 19.0 Å². The Kier molecular flexibility index (Phi) is 11.4. The number of ketones is 1. The van der Waals surface area contributed by atoms with E-state index in [0.717, 1.165) is 23.0 Å². The highest BCUT2D eigenvalue weighted by Gasteiger charge is 2.26. The molecule has 0 radical (unpaired) electrons. The number of ether oxygens (including phenoxy) is 1. The van der Waals surface area contributed by atoms with Gasteiger partial charge in [-0.1, -0.05) is 53.5 Å². The molecule has 1 amide bonds. The number of carboxylic acids is 1. The van der Waals surface area contributed by atoms with Crippen LogP contribution >= 0.6 is 47.4 Å². The number of halogens is 3. The number of carbonyl (C=O) groups excluding carboxylic acids is 2. The molecule has 3 aromatic rings. The van der Waals surface area contributed by atoms with Crippen molar-refractivity contribution in [2.45, 2.75) is 35.7 Å². The molecular formula is C22H23Cl3N6O5S. The molecule has 0 aliphatic heterocycles. The van der Waals surface area contributed by atoms with E-state index in [2.05, 4.69) is 20.8 Å². The first kappa shape index (κ1) is 30.2. The van der Waals surface area contributed by atoms with E-state index < -0.39 is 36.9 Å². The SMILES string of the molecule is CN(C)c1cc(Cl)c(Sc2nnnn2CC(=O)C(CC(=O)O)NC(=O)OCc2ccccc2)c(Cl)c1.Cl. The average Bonchev–Trinajstić information content (AvgIpc) is 3.26. The Morgan fingerprint density at radius 2 is 1.81 bits per heavy atom. The predicted molar refractivity (Wildman–Crippen MR) is 141 cm³/mol. The van der Waals surface area contributed by atoms with Crippen molar-refractivity contribution in [2.24, 2.45) is 0 Å². The number of alkyl carbamates (subject to hydrolysis) is 1. The summed E-state index contributed by atoms with van der Waals surface area (Å²) in [6.45, 7) is -0.445. The standard InChI is InChI=1S/C22H22Cl2N6O5S.ClH/c1-29(2)14-8-15(23)20(16(24)9-14)36-21-26-27-28-30(21)11-18(31)17(10-19(32)33)25-22(34)35-12-13-6-4-3-5-7-13;/h3-9,17H,10-12H2,1-2H3,(H,25,34)(H,32,33);1H. The molecule has 11 nitrogen and oxygen atoms in total. The van der Waals surface area contributed by atoms with E-state index in [4.69, 9.17) is 27.9 Å². The van der Waals surface area contributed by atoms with Gasteiger partial charge in [0.2, 0.25) is 5.16 Å². The number of benzene rings is 2. The molecule has 0 bridgehead atoms. The lowest BCUT2D eigenvalue weighted by atomic mass is 10.1. The van der Waals surface area contributed by atoms with Gasteiger partial charge < -0.3 is 20.1 Å². The summed E-state index contributed by atoms with van der Waals surface area (Å²) in [7, 11) is 3.69. The summed E-state index contributed by atoms with van der Waals surface area (Å²) in [6.07, 6.45) is -1.57. The van der Waals surface area contributed by atoms with Crippen LogP contribution in [0, 0.1) is 0 Å². The molecule has 2 N–H and O–H groups in total. The first-order chi connectivity index (χ1) is 17.1. The van der Waals surface area contributed by atoms with E-state index in [9.17, 15) is 19.5 Å². The second kappa shape index (κ2) is 14.0. The maximum absolute atomic E-state index is 12.9. The smallest absolute Gasteiger partial charge is 0.408 e. The van der Waals surface area contributed by atoms with Crippen molar-refractivity contribution >= 4 is 70.9 Å². The van der Waals surface area contributed by atoms with Crippen molar-refractivity contribution in [3.63, 3.8) is 0 Å². The van der Waals surface area contributed by atoms with Crippen molar-refractivity contribution in [1.29, 1.82) is 0 Å². The molecule has 1 unspecified atom stereocenters. The quantitative estimate of drug-likeness (QED) is 0.338. The fraction of sp³-hybridized carbons (Fsp3) is 0.273. The zero-order chi connectivity index (χ0) is 26.2. The molecule has 0 saturated heterocycles. The third kappa shape index (κ3) is 8.78. The van der Waals surface area contributed by atoms with Crippen LogP contribution in [0.25, 0.3) is 0 Å². The zero-order valence-electron chi connectivity index (χ0n) is 19.6. The molecule has 0 fully saturated rings. The second-order valence-electron chi connectivity index (χ2n) is 7.68. The maximum Gasteiger partial charge on any atom is 0.408 e. The monoisotopic (exact) mass is 588 g/mol. The first-order valence-electron chi connectivity index (χ1n) is 10.5. The maximum atomic E-state index is 12.9. The molecule has 2 aromatic carbocycles. The van der Waals surface area contributed by atoms with Crippen molar-refractivity contribution in [3.05, 3.63) is 58.1 Å². The van der Waals surface area contributed by atoms with Crippen LogP contribution in [0.3, 0.4) is 0 Å². The van der Waals surface area contributed by atoms with Crippen LogP contribution in [0.5, 0.6) is 0 Å². The summed E-state index contributed by atoms with van der Waals surface area (Å²) in [4.78, 5) is 38.7. The van der Waals surface area contributed by atoms with E-state index in [0.29, 0.717) is 14.9 Å². The van der Waals surface area contributed by atoms with Crippen LogP contribution in [0.4, 0.5) is 10.5 Å². The third-order valence-electron chi connectivity index (χ3n) is 4.77. The summed E-state index contributed by atoms with van der Waals surface area (Å²) in [6, 6.07) is 11.0. The Morgan fingerprint density at radius 3 is 2.41 bits per heavy atom. The van der Waals surface area contributed by atoms with Gasteiger partial charge in [-0.2, -0.15) is 0 Å². The molecule has 15 heteroatoms. The van der Waals surface area contributed by atoms with Crippen LogP contribution in [-0.4, -0.2) is 63.3 Å². The minimum atomic E-state index is -1.36.